The van der Waals surface area contributed by atoms with Crippen LogP contribution in [0.3, 0.4) is 0 Å². The summed E-state index contributed by atoms with van der Waals surface area (Å²) >= 11 is 0. The molecule has 0 aromatic carbocycles. The average Bonchev–Trinajstić information content (AvgIpc) is 2.37. The predicted octanol–water partition coefficient (Wildman–Crippen LogP) is 1.32. The number of carbonyl (C=O) groups is 1. The van der Waals surface area contributed by atoms with Crippen LogP contribution in [0, 0.1) is 13.8 Å². The molecule has 1 amide bonds. The second kappa shape index (κ2) is 5.48. The maximum absolute atomic E-state index is 11.9. The van der Waals surface area contributed by atoms with Crippen molar-refractivity contribution in [2.24, 2.45) is 0 Å². The Kier molecular flexibility index (Phi) is 3.75. The lowest BCUT2D eigenvalue weighted by Crippen LogP contribution is -2.28. The molecular weight excluding hydrogens is 242 g/mol. The quantitative estimate of drug-likeness (QED) is 0.870. The summed E-state index contributed by atoms with van der Waals surface area (Å²) in [5.74, 6) is -0.387. The lowest BCUT2D eigenvalue weighted by atomic mass is 10.2. The number of pyridine rings is 2. The average molecular weight is 257 g/mol. The molecule has 0 bridgehead atoms. The van der Waals surface area contributed by atoms with E-state index >= 15 is 0 Å². The first kappa shape index (κ1) is 13.0. The van der Waals surface area contributed by atoms with Crippen LogP contribution in [0.5, 0.6) is 0 Å². The van der Waals surface area contributed by atoms with E-state index in [-0.39, 0.29) is 16.9 Å². The van der Waals surface area contributed by atoms with Gasteiger partial charge in [0.05, 0.1) is 0 Å². The van der Waals surface area contributed by atoms with Crippen LogP contribution in [0.15, 0.2) is 35.4 Å². The summed E-state index contributed by atoms with van der Waals surface area (Å²) in [5.41, 5.74) is 2.37. The minimum atomic E-state index is -0.387. The highest BCUT2D eigenvalue weighted by Gasteiger charge is 2.09. The number of nitrogens with zero attached hydrogens (tertiary/aromatic N) is 1. The fraction of sp³-hybridized carbons (Fsp3) is 0.214. The van der Waals surface area contributed by atoms with E-state index in [1.165, 1.54) is 12.3 Å². The van der Waals surface area contributed by atoms with Crippen molar-refractivity contribution in [1.29, 1.82) is 0 Å². The molecule has 2 aromatic heterocycles. The van der Waals surface area contributed by atoms with Gasteiger partial charge in [-0.3, -0.25) is 14.6 Å². The topological polar surface area (TPSA) is 74.8 Å². The fourth-order valence-corrected chi connectivity index (χ4v) is 1.63. The van der Waals surface area contributed by atoms with Gasteiger partial charge in [-0.15, -0.1) is 0 Å². The third-order valence-corrected chi connectivity index (χ3v) is 2.73. The molecule has 2 N–H and O–H groups in total. The van der Waals surface area contributed by atoms with Gasteiger partial charge in [0.25, 0.3) is 5.91 Å². The third kappa shape index (κ3) is 3.28. The molecule has 0 saturated heterocycles. The largest absolute Gasteiger partial charge is 0.364 e. The number of amides is 1. The summed E-state index contributed by atoms with van der Waals surface area (Å²) < 4.78 is 0. The molecule has 19 heavy (non-hydrogen) atoms. The standard InChI is InChI=1S/C14H15N3O2/c1-9-3-4-11(6-15-9)7-17-14(19)12-8-16-10(2)5-13(12)18/h3-6,8H,7H2,1-2H3,(H,16,18)(H,17,19). The molecule has 0 aliphatic rings. The number of nitrogens with one attached hydrogen (secondary N) is 2. The molecule has 0 radical (unpaired) electrons. The lowest BCUT2D eigenvalue weighted by Gasteiger charge is -2.05. The van der Waals surface area contributed by atoms with E-state index < -0.39 is 0 Å². The zero-order valence-corrected chi connectivity index (χ0v) is 10.9. The highest BCUT2D eigenvalue weighted by atomic mass is 16.2. The zero-order chi connectivity index (χ0) is 13.8. The van der Waals surface area contributed by atoms with Crippen molar-refractivity contribution in [2.75, 3.05) is 0 Å². The van der Waals surface area contributed by atoms with Gasteiger partial charge in [-0.25, -0.2) is 0 Å². The molecule has 2 aromatic rings. The van der Waals surface area contributed by atoms with Crippen LogP contribution in [0.4, 0.5) is 0 Å². The van der Waals surface area contributed by atoms with E-state index in [9.17, 15) is 9.59 Å². The SMILES string of the molecule is Cc1ccc(CNC(=O)c2c[nH]c(C)cc2=O)cn1. The van der Waals surface area contributed by atoms with E-state index in [1.807, 2.05) is 19.1 Å². The van der Waals surface area contributed by atoms with Gasteiger partial charge in [-0.1, -0.05) is 6.07 Å². The van der Waals surface area contributed by atoms with E-state index in [0.717, 1.165) is 17.0 Å². The molecular formula is C14H15N3O2. The van der Waals surface area contributed by atoms with Crippen molar-refractivity contribution < 1.29 is 4.79 Å². The number of aromatic nitrogens is 2. The van der Waals surface area contributed by atoms with Crippen LogP contribution in [-0.4, -0.2) is 15.9 Å². The number of rotatable bonds is 3. The number of hydrogen-bond acceptors (Lipinski definition) is 3. The van der Waals surface area contributed by atoms with Crippen molar-refractivity contribution in [3.05, 3.63) is 63.3 Å². The van der Waals surface area contributed by atoms with Gasteiger partial charge in [0.2, 0.25) is 0 Å². The van der Waals surface area contributed by atoms with Gasteiger partial charge < -0.3 is 10.3 Å². The first-order valence-electron chi connectivity index (χ1n) is 5.95. The summed E-state index contributed by atoms with van der Waals surface area (Å²) in [4.78, 5) is 30.5. The Morgan fingerprint density at radius 1 is 1.37 bits per heavy atom. The fourth-order valence-electron chi connectivity index (χ4n) is 1.63. The third-order valence-electron chi connectivity index (χ3n) is 2.73. The molecule has 0 spiro atoms. The van der Waals surface area contributed by atoms with E-state index in [0.29, 0.717) is 6.54 Å². The van der Waals surface area contributed by atoms with Crippen molar-refractivity contribution in [2.45, 2.75) is 20.4 Å². The number of carbonyl (C=O) groups excluding carboxylic acids is 1. The van der Waals surface area contributed by atoms with Crippen molar-refractivity contribution in [3.8, 4) is 0 Å². The summed E-state index contributed by atoms with van der Waals surface area (Å²) in [5, 5.41) is 2.70. The summed E-state index contributed by atoms with van der Waals surface area (Å²) in [6.45, 7) is 4.01. The molecule has 2 heterocycles. The number of aryl methyl sites for hydroxylation is 2. The minimum absolute atomic E-state index is 0.116. The number of H-pyrrole nitrogens is 1. The monoisotopic (exact) mass is 257 g/mol. The zero-order valence-electron chi connectivity index (χ0n) is 10.9. The van der Waals surface area contributed by atoms with E-state index in [1.54, 1.807) is 13.1 Å². The van der Waals surface area contributed by atoms with Crippen LogP contribution in [0.1, 0.15) is 27.3 Å². The first-order valence-corrected chi connectivity index (χ1v) is 5.95. The Bertz CT molecular complexity index is 644. The van der Waals surface area contributed by atoms with Gasteiger partial charge in [0.1, 0.15) is 5.56 Å². The lowest BCUT2D eigenvalue weighted by molar-refractivity contribution is 0.0949. The highest BCUT2D eigenvalue weighted by molar-refractivity contribution is 5.93. The molecule has 0 atom stereocenters. The number of hydrogen-bond donors (Lipinski definition) is 2. The first-order chi connectivity index (χ1) is 9.06. The molecule has 0 aliphatic heterocycles. The van der Waals surface area contributed by atoms with Gasteiger partial charge >= 0.3 is 0 Å². The van der Waals surface area contributed by atoms with E-state index in [4.69, 9.17) is 0 Å². The van der Waals surface area contributed by atoms with Crippen LogP contribution < -0.4 is 10.7 Å². The molecule has 5 heteroatoms. The van der Waals surface area contributed by atoms with Crippen molar-refractivity contribution in [3.63, 3.8) is 0 Å². The van der Waals surface area contributed by atoms with Gasteiger partial charge in [-0.05, 0) is 25.5 Å². The Hall–Kier alpha value is -2.43. The van der Waals surface area contributed by atoms with Gasteiger partial charge in [-0.2, -0.15) is 0 Å². The maximum atomic E-state index is 11.9. The van der Waals surface area contributed by atoms with Gasteiger partial charge in [0, 0.05) is 36.4 Å². The highest BCUT2D eigenvalue weighted by Crippen LogP contribution is 1.99. The normalized spacial score (nSPS) is 10.2. The molecule has 5 nitrogen and oxygen atoms in total. The molecule has 0 fully saturated rings. The summed E-state index contributed by atoms with van der Waals surface area (Å²) in [6.07, 6.45) is 3.13. The van der Waals surface area contributed by atoms with Crippen molar-refractivity contribution >= 4 is 5.91 Å². The summed E-state index contributed by atoms with van der Waals surface area (Å²) in [6, 6.07) is 5.17. The molecule has 0 saturated carbocycles. The Balaban J connectivity index is 2.05. The summed E-state index contributed by atoms with van der Waals surface area (Å²) in [7, 11) is 0. The Morgan fingerprint density at radius 3 is 2.79 bits per heavy atom. The Morgan fingerprint density at radius 2 is 2.16 bits per heavy atom. The van der Waals surface area contributed by atoms with Crippen LogP contribution in [0.2, 0.25) is 0 Å². The van der Waals surface area contributed by atoms with Crippen molar-refractivity contribution in [1.82, 2.24) is 15.3 Å². The smallest absolute Gasteiger partial charge is 0.257 e. The molecule has 2 rings (SSSR count). The second-order valence-electron chi connectivity index (χ2n) is 4.38. The predicted molar refractivity (Wildman–Crippen MR) is 71.9 cm³/mol. The van der Waals surface area contributed by atoms with E-state index in [2.05, 4.69) is 15.3 Å². The van der Waals surface area contributed by atoms with Crippen LogP contribution in [0.25, 0.3) is 0 Å². The molecule has 0 aliphatic carbocycles. The number of aromatic amines is 1. The maximum Gasteiger partial charge on any atom is 0.257 e. The molecule has 0 unspecified atom stereocenters. The van der Waals surface area contributed by atoms with Crippen LogP contribution in [-0.2, 0) is 6.54 Å². The second-order valence-corrected chi connectivity index (χ2v) is 4.38. The Labute approximate surface area is 110 Å². The minimum Gasteiger partial charge on any atom is -0.364 e. The van der Waals surface area contributed by atoms with Crippen LogP contribution >= 0.6 is 0 Å². The van der Waals surface area contributed by atoms with Gasteiger partial charge in [0.15, 0.2) is 5.43 Å². The molecule has 98 valence electrons.